The van der Waals surface area contributed by atoms with Crippen LogP contribution in [-0.4, -0.2) is 14.2 Å². The molecule has 1 aliphatic carbocycles. The Labute approximate surface area is 125 Å². The molecule has 1 N–H and O–H groups in total. The van der Waals surface area contributed by atoms with Gasteiger partial charge in [-0.1, -0.05) is 24.3 Å². The highest BCUT2D eigenvalue weighted by Gasteiger charge is 2.23. The molecule has 110 valence electrons. The molecule has 0 aliphatic heterocycles. The Hall–Kier alpha value is -2.00. The Balaban J connectivity index is 1.75. The molecule has 3 nitrogen and oxygen atoms in total. The van der Waals surface area contributed by atoms with Gasteiger partial charge in [0.2, 0.25) is 0 Å². The second-order valence-electron chi connectivity index (χ2n) is 5.34. The summed E-state index contributed by atoms with van der Waals surface area (Å²) < 4.78 is 11.3. The molecule has 0 spiro atoms. The lowest BCUT2D eigenvalue weighted by molar-refractivity contribution is 0.302. The smallest absolute Gasteiger partial charge is 0.123 e. The Morgan fingerprint density at radius 1 is 1.19 bits per heavy atom. The lowest BCUT2D eigenvalue weighted by Gasteiger charge is -2.13. The molecule has 0 saturated heterocycles. The maximum atomic E-state index is 6.04. The molecule has 2 aromatic rings. The highest BCUT2D eigenvalue weighted by atomic mass is 16.5. The first-order valence-corrected chi connectivity index (χ1v) is 7.36. The summed E-state index contributed by atoms with van der Waals surface area (Å²) in [5.41, 5.74) is 3.84. The first kappa shape index (κ1) is 14.0. The molecule has 1 aliphatic rings. The quantitative estimate of drug-likeness (QED) is 0.911. The van der Waals surface area contributed by atoms with Crippen molar-refractivity contribution in [3.8, 4) is 11.5 Å². The molecule has 0 amide bonds. The lowest BCUT2D eigenvalue weighted by Crippen LogP contribution is -2.12. The van der Waals surface area contributed by atoms with E-state index in [1.807, 2.05) is 25.2 Å². The van der Waals surface area contributed by atoms with E-state index in [0.717, 1.165) is 29.9 Å². The van der Waals surface area contributed by atoms with Crippen molar-refractivity contribution >= 4 is 0 Å². The van der Waals surface area contributed by atoms with Gasteiger partial charge in [0.25, 0.3) is 0 Å². The fourth-order valence-corrected chi connectivity index (χ4v) is 2.98. The summed E-state index contributed by atoms with van der Waals surface area (Å²) in [6, 6.07) is 14.8. The molecular formula is C18H21NO2. The Bertz CT molecular complexity index is 624. The number of methoxy groups -OCH3 is 1. The first-order valence-electron chi connectivity index (χ1n) is 7.36. The van der Waals surface area contributed by atoms with Crippen LogP contribution in [0, 0.1) is 0 Å². The molecule has 3 heteroatoms. The van der Waals surface area contributed by atoms with Gasteiger partial charge in [0, 0.05) is 6.04 Å². The second-order valence-corrected chi connectivity index (χ2v) is 5.34. The minimum atomic E-state index is 0.459. The van der Waals surface area contributed by atoms with Crippen molar-refractivity contribution in [2.45, 2.75) is 25.5 Å². The van der Waals surface area contributed by atoms with E-state index in [9.17, 15) is 0 Å². The summed E-state index contributed by atoms with van der Waals surface area (Å²) in [6.45, 7) is 0.567. The zero-order valence-corrected chi connectivity index (χ0v) is 12.6. The van der Waals surface area contributed by atoms with Crippen LogP contribution < -0.4 is 14.8 Å². The third-order valence-electron chi connectivity index (χ3n) is 4.10. The zero-order valence-electron chi connectivity index (χ0n) is 12.6. The Kier molecular flexibility index (Phi) is 4.11. The minimum absolute atomic E-state index is 0.459. The molecule has 1 unspecified atom stereocenters. The molecular weight excluding hydrogens is 262 g/mol. The average molecular weight is 283 g/mol. The highest BCUT2D eigenvalue weighted by Crippen LogP contribution is 2.36. The van der Waals surface area contributed by atoms with E-state index in [2.05, 4.69) is 29.6 Å². The SMILES string of the molecule is CNC1CCc2c(OCc3cccc(OC)c3)cccc21. The van der Waals surface area contributed by atoms with Gasteiger partial charge in [-0.15, -0.1) is 0 Å². The third-order valence-corrected chi connectivity index (χ3v) is 4.10. The summed E-state index contributed by atoms with van der Waals surface area (Å²) >= 11 is 0. The van der Waals surface area contributed by atoms with Crippen molar-refractivity contribution in [3.63, 3.8) is 0 Å². The van der Waals surface area contributed by atoms with Crippen molar-refractivity contribution in [2.75, 3.05) is 14.2 Å². The minimum Gasteiger partial charge on any atom is -0.497 e. The van der Waals surface area contributed by atoms with Crippen LogP contribution in [0.5, 0.6) is 11.5 Å². The molecule has 1 atom stereocenters. The van der Waals surface area contributed by atoms with Crippen LogP contribution in [0.25, 0.3) is 0 Å². The molecule has 3 rings (SSSR count). The van der Waals surface area contributed by atoms with Gasteiger partial charge in [-0.05, 0) is 54.8 Å². The maximum Gasteiger partial charge on any atom is 0.123 e. The normalized spacial score (nSPS) is 16.6. The fourth-order valence-electron chi connectivity index (χ4n) is 2.98. The molecule has 0 fully saturated rings. The van der Waals surface area contributed by atoms with Gasteiger partial charge in [0.15, 0.2) is 0 Å². The lowest BCUT2D eigenvalue weighted by atomic mass is 10.1. The Morgan fingerprint density at radius 2 is 2.05 bits per heavy atom. The van der Waals surface area contributed by atoms with E-state index in [-0.39, 0.29) is 0 Å². The van der Waals surface area contributed by atoms with E-state index in [0.29, 0.717) is 12.6 Å². The summed E-state index contributed by atoms with van der Waals surface area (Å²) in [6.07, 6.45) is 2.22. The standard InChI is InChI=1S/C18H21NO2/c1-19-17-10-9-16-15(17)7-4-8-18(16)21-12-13-5-3-6-14(11-13)20-2/h3-8,11,17,19H,9-10,12H2,1-2H3. The van der Waals surface area contributed by atoms with E-state index in [1.165, 1.54) is 11.1 Å². The van der Waals surface area contributed by atoms with E-state index in [1.54, 1.807) is 7.11 Å². The second kappa shape index (κ2) is 6.19. The summed E-state index contributed by atoms with van der Waals surface area (Å²) in [5, 5.41) is 3.36. The first-order chi connectivity index (χ1) is 10.3. The van der Waals surface area contributed by atoms with Crippen molar-refractivity contribution in [1.82, 2.24) is 5.32 Å². The van der Waals surface area contributed by atoms with Crippen LogP contribution in [0.2, 0.25) is 0 Å². The van der Waals surface area contributed by atoms with Crippen molar-refractivity contribution < 1.29 is 9.47 Å². The number of nitrogens with one attached hydrogen (secondary N) is 1. The van der Waals surface area contributed by atoms with Crippen molar-refractivity contribution in [3.05, 3.63) is 59.2 Å². The number of ether oxygens (including phenoxy) is 2. The van der Waals surface area contributed by atoms with Crippen LogP contribution >= 0.6 is 0 Å². The van der Waals surface area contributed by atoms with E-state index < -0.39 is 0 Å². The molecule has 21 heavy (non-hydrogen) atoms. The monoisotopic (exact) mass is 283 g/mol. The van der Waals surface area contributed by atoms with Crippen LogP contribution in [0.1, 0.15) is 29.2 Å². The summed E-state index contributed by atoms with van der Waals surface area (Å²) in [4.78, 5) is 0. The topological polar surface area (TPSA) is 30.5 Å². The van der Waals surface area contributed by atoms with Gasteiger partial charge in [-0.25, -0.2) is 0 Å². The van der Waals surface area contributed by atoms with Crippen LogP contribution in [-0.2, 0) is 13.0 Å². The predicted octanol–water partition coefficient (Wildman–Crippen LogP) is 3.48. The molecule has 0 radical (unpaired) electrons. The molecule has 2 aromatic carbocycles. The van der Waals surface area contributed by atoms with Crippen molar-refractivity contribution in [2.24, 2.45) is 0 Å². The maximum absolute atomic E-state index is 6.04. The summed E-state index contributed by atoms with van der Waals surface area (Å²) in [7, 11) is 3.70. The molecule has 0 bridgehead atoms. The number of rotatable bonds is 5. The van der Waals surface area contributed by atoms with Gasteiger partial charge < -0.3 is 14.8 Å². The number of fused-ring (bicyclic) bond motifs is 1. The molecule has 0 heterocycles. The average Bonchev–Trinajstić information content (AvgIpc) is 2.96. The van der Waals surface area contributed by atoms with Gasteiger partial charge in [0.05, 0.1) is 7.11 Å². The molecule has 0 saturated carbocycles. The largest absolute Gasteiger partial charge is 0.497 e. The van der Waals surface area contributed by atoms with Gasteiger partial charge in [0.1, 0.15) is 18.1 Å². The number of hydrogen-bond acceptors (Lipinski definition) is 3. The zero-order chi connectivity index (χ0) is 14.7. The van der Waals surface area contributed by atoms with Crippen LogP contribution in [0.3, 0.4) is 0 Å². The number of benzene rings is 2. The van der Waals surface area contributed by atoms with Crippen molar-refractivity contribution in [1.29, 1.82) is 0 Å². The third kappa shape index (κ3) is 2.88. The van der Waals surface area contributed by atoms with Gasteiger partial charge >= 0.3 is 0 Å². The van der Waals surface area contributed by atoms with Crippen LogP contribution in [0.4, 0.5) is 0 Å². The van der Waals surface area contributed by atoms with Crippen LogP contribution in [0.15, 0.2) is 42.5 Å². The Morgan fingerprint density at radius 3 is 2.86 bits per heavy atom. The van der Waals surface area contributed by atoms with Gasteiger partial charge in [-0.2, -0.15) is 0 Å². The van der Waals surface area contributed by atoms with Gasteiger partial charge in [-0.3, -0.25) is 0 Å². The summed E-state index contributed by atoms with van der Waals surface area (Å²) in [5.74, 6) is 1.87. The number of hydrogen-bond donors (Lipinski definition) is 1. The van der Waals surface area contributed by atoms with E-state index in [4.69, 9.17) is 9.47 Å². The fraction of sp³-hybridized carbons (Fsp3) is 0.333. The molecule has 0 aromatic heterocycles. The highest BCUT2D eigenvalue weighted by molar-refractivity contribution is 5.45. The predicted molar refractivity (Wildman–Crippen MR) is 83.9 cm³/mol. The van der Waals surface area contributed by atoms with E-state index >= 15 is 0 Å².